The Bertz CT molecular complexity index is 456. The Morgan fingerprint density at radius 1 is 1.62 bits per heavy atom. The molecule has 0 atom stereocenters. The lowest BCUT2D eigenvalue weighted by molar-refractivity contribution is 1.23. The van der Waals surface area contributed by atoms with E-state index in [0.717, 1.165) is 0 Å². The average Bonchev–Trinajstić information content (AvgIpc) is 2.12. The van der Waals surface area contributed by atoms with E-state index in [2.05, 4.69) is 16.8 Å². The van der Waals surface area contributed by atoms with Gasteiger partial charge in [-0.15, -0.1) is 0 Å². The van der Waals surface area contributed by atoms with Crippen LogP contribution in [-0.2, 0) is 0 Å². The fraction of sp³-hybridized carbons (Fsp3) is 0.111. The number of nitriles is 1. The summed E-state index contributed by atoms with van der Waals surface area (Å²) < 4.78 is 0. The monoisotopic (exact) mass is 173 g/mol. The molecule has 4 heteroatoms. The molecule has 3 N–H and O–H groups in total. The van der Waals surface area contributed by atoms with Crippen LogP contribution >= 0.6 is 0 Å². The Labute approximate surface area is 75.0 Å². The van der Waals surface area contributed by atoms with Crippen molar-refractivity contribution in [1.82, 2.24) is 4.98 Å². The van der Waals surface area contributed by atoms with Crippen molar-refractivity contribution in [3.05, 3.63) is 28.2 Å². The first kappa shape index (κ1) is 8.89. The molecule has 0 unspecified atom stereocenters. The predicted molar refractivity (Wildman–Crippen MR) is 48.6 cm³/mol. The maximum Gasteiger partial charge on any atom is 0.271 e. The second-order valence-electron chi connectivity index (χ2n) is 2.31. The first-order chi connectivity index (χ1) is 6.24. The topological polar surface area (TPSA) is 82.7 Å². The van der Waals surface area contributed by atoms with Crippen LogP contribution in [0.15, 0.2) is 17.1 Å². The molecule has 0 amide bonds. The zero-order valence-corrected chi connectivity index (χ0v) is 6.79. The second-order valence-corrected chi connectivity index (χ2v) is 2.31. The van der Waals surface area contributed by atoms with Crippen LogP contribution < -0.4 is 11.3 Å². The van der Waals surface area contributed by atoms with E-state index in [1.165, 1.54) is 12.3 Å². The molecule has 0 bridgehead atoms. The van der Waals surface area contributed by atoms with Crippen LogP contribution in [0.5, 0.6) is 0 Å². The van der Waals surface area contributed by atoms with Crippen LogP contribution in [0, 0.1) is 23.2 Å². The summed E-state index contributed by atoms with van der Waals surface area (Å²) in [5.74, 6) is 5.30. The van der Waals surface area contributed by atoms with E-state index in [1.54, 1.807) is 0 Å². The molecule has 0 saturated heterocycles. The van der Waals surface area contributed by atoms with E-state index >= 15 is 0 Å². The van der Waals surface area contributed by atoms with Crippen LogP contribution in [0.3, 0.4) is 0 Å². The predicted octanol–water partition coefficient (Wildman–Crippen LogP) is 0.222. The number of aromatic nitrogens is 1. The Morgan fingerprint density at radius 3 is 3.00 bits per heavy atom. The maximum absolute atomic E-state index is 10.8. The smallest absolute Gasteiger partial charge is 0.271 e. The van der Waals surface area contributed by atoms with Crippen molar-refractivity contribution in [1.29, 1.82) is 5.26 Å². The Balaban J connectivity index is 2.95. The molecule has 0 aliphatic heterocycles. The fourth-order valence-electron chi connectivity index (χ4n) is 0.759. The first-order valence-corrected chi connectivity index (χ1v) is 3.58. The molecule has 13 heavy (non-hydrogen) atoms. The number of nitrogen functional groups attached to an aromatic ring is 1. The zero-order chi connectivity index (χ0) is 9.68. The number of rotatable bonds is 0. The van der Waals surface area contributed by atoms with Crippen LogP contribution in [0.4, 0.5) is 5.69 Å². The average molecular weight is 173 g/mol. The quantitative estimate of drug-likeness (QED) is 0.550. The lowest BCUT2D eigenvalue weighted by Crippen LogP contribution is -2.10. The van der Waals surface area contributed by atoms with Crippen molar-refractivity contribution in [2.75, 3.05) is 5.73 Å². The minimum Gasteiger partial charge on any atom is -0.394 e. The van der Waals surface area contributed by atoms with Crippen LogP contribution in [0.2, 0.25) is 0 Å². The third-order valence-electron chi connectivity index (χ3n) is 1.33. The molecule has 0 saturated carbocycles. The number of H-pyrrole nitrogens is 1. The number of hydrogen-bond donors (Lipinski definition) is 2. The Kier molecular flexibility index (Phi) is 2.73. The third-order valence-corrected chi connectivity index (χ3v) is 1.33. The summed E-state index contributed by atoms with van der Waals surface area (Å²) in [5.41, 5.74) is 5.75. The molecule has 0 radical (unpaired) electrons. The van der Waals surface area contributed by atoms with Gasteiger partial charge in [-0.1, -0.05) is 11.8 Å². The number of hydrogen-bond acceptors (Lipinski definition) is 3. The van der Waals surface area contributed by atoms with E-state index in [-0.39, 0.29) is 17.7 Å². The van der Waals surface area contributed by atoms with E-state index < -0.39 is 0 Å². The molecule has 64 valence electrons. The zero-order valence-electron chi connectivity index (χ0n) is 6.79. The van der Waals surface area contributed by atoms with Crippen molar-refractivity contribution in [2.24, 2.45) is 0 Å². The van der Waals surface area contributed by atoms with Gasteiger partial charge in [-0.05, 0) is 6.07 Å². The van der Waals surface area contributed by atoms with Gasteiger partial charge in [-0.2, -0.15) is 5.26 Å². The summed E-state index contributed by atoms with van der Waals surface area (Å²) in [5, 5.41) is 8.21. The molecule has 1 heterocycles. The highest BCUT2D eigenvalue weighted by Gasteiger charge is 1.93. The molecular formula is C9H7N3O. The van der Waals surface area contributed by atoms with Gasteiger partial charge < -0.3 is 10.7 Å². The largest absolute Gasteiger partial charge is 0.394 e. The molecule has 1 aromatic rings. The van der Waals surface area contributed by atoms with Crippen molar-refractivity contribution >= 4 is 5.69 Å². The van der Waals surface area contributed by atoms with E-state index in [4.69, 9.17) is 11.0 Å². The minimum absolute atomic E-state index is 0.128. The highest BCUT2D eigenvalue weighted by Crippen LogP contribution is 1.96. The molecule has 0 aromatic carbocycles. The lowest BCUT2D eigenvalue weighted by atomic mass is 10.2. The van der Waals surface area contributed by atoms with Gasteiger partial charge in [0, 0.05) is 11.8 Å². The van der Waals surface area contributed by atoms with Gasteiger partial charge in [-0.3, -0.25) is 4.79 Å². The SMILES string of the molecule is N#CCC#Cc1c[nH]c(=O)c(N)c1. The number of nitrogens with two attached hydrogens (primary N) is 1. The van der Waals surface area contributed by atoms with Crippen molar-refractivity contribution in [3.63, 3.8) is 0 Å². The highest BCUT2D eigenvalue weighted by molar-refractivity contribution is 5.44. The van der Waals surface area contributed by atoms with Gasteiger partial charge in [-0.25, -0.2) is 0 Å². The molecule has 1 rings (SSSR count). The molecule has 1 aromatic heterocycles. The standard InChI is InChI=1S/C9H7N3O/c10-4-2-1-3-7-5-8(11)9(13)12-6-7/h5-6H,2,11H2,(H,12,13). The molecule has 0 fully saturated rings. The third kappa shape index (κ3) is 2.39. The maximum atomic E-state index is 10.8. The summed E-state index contributed by atoms with van der Waals surface area (Å²) in [6.07, 6.45) is 1.63. The lowest BCUT2D eigenvalue weighted by Gasteiger charge is -1.91. The van der Waals surface area contributed by atoms with Crippen LogP contribution in [0.1, 0.15) is 12.0 Å². The summed E-state index contributed by atoms with van der Waals surface area (Å²) >= 11 is 0. The van der Waals surface area contributed by atoms with Crippen molar-refractivity contribution in [2.45, 2.75) is 6.42 Å². The molecule has 0 spiro atoms. The highest BCUT2D eigenvalue weighted by atomic mass is 16.1. The van der Waals surface area contributed by atoms with Gasteiger partial charge in [0.2, 0.25) is 0 Å². The number of nitrogens with one attached hydrogen (secondary N) is 1. The van der Waals surface area contributed by atoms with E-state index in [1.807, 2.05) is 6.07 Å². The number of pyridine rings is 1. The van der Waals surface area contributed by atoms with Gasteiger partial charge >= 0.3 is 0 Å². The van der Waals surface area contributed by atoms with E-state index in [9.17, 15) is 4.79 Å². The summed E-state index contributed by atoms with van der Waals surface area (Å²) in [6.45, 7) is 0. The fourth-order valence-corrected chi connectivity index (χ4v) is 0.759. The number of anilines is 1. The summed E-state index contributed by atoms with van der Waals surface area (Å²) in [4.78, 5) is 13.2. The normalized spacial score (nSPS) is 8.23. The number of aromatic amines is 1. The second kappa shape index (κ2) is 3.99. The van der Waals surface area contributed by atoms with Gasteiger partial charge in [0.1, 0.15) is 0 Å². The molecule has 0 aliphatic carbocycles. The summed E-state index contributed by atoms with van der Waals surface area (Å²) in [6, 6.07) is 3.36. The molecule has 4 nitrogen and oxygen atoms in total. The minimum atomic E-state index is -0.328. The van der Waals surface area contributed by atoms with Crippen LogP contribution in [-0.4, -0.2) is 4.98 Å². The van der Waals surface area contributed by atoms with E-state index in [0.29, 0.717) is 5.56 Å². The first-order valence-electron chi connectivity index (χ1n) is 3.58. The van der Waals surface area contributed by atoms with Gasteiger partial charge in [0.05, 0.1) is 18.2 Å². The Morgan fingerprint density at radius 2 is 2.38 bits per heavy atom. The van der Waals surface area contributed by atoms with Crippen LogP contribution in [0.25, 0.3) is 0 Å². The van der Waals surface area contributed by atoms with Crippen molar-refractivity contribution in [3.8, 4) is 17.9 Å². The summed E-state index contributed by atoms with van der Waals surface area (Å²) in [7, 11) is 0. The molecule has 0 aliphatic rings. The number of nitrogens with zero attached hydrogens (tertiary/aromatic N) is 1. The van der Waals surface area contributed by atoms with Gasteiger partial charge in [0.15, 0.2) is 0 Å². The van der Waals surface area contributed by atoms with Gasteiger partial charge in [0.25, 0.3) is 5.56 Å². The Hall–Kier alpha value is -2.20. The van der Waals surface area contributed by atoms with Crippen molar-refractivity contribution < 1.29 is 0 Å². The molecular weight excluding hydrogens is 166 g/mol.